The topological polar surface area (TPSA) is 120 Å². The number of phenols is 1. The number of nitrogens with one attached hydrogen (secondary N) is 3. The molecule has 0 aromatic heterocycles. The van der Waals surface area contributed by atoms with Crippen LogP contribution in [-0.2, 0) is 25.5 Å². The van der Waals surface area contributed by atoms with Crippen LogP contribution in [0.25, 0.3) is 0 Å². The third-order valence-corrected chi connectivity index (χ3v) is 5.96. The van der Waals surface area contributed by atoms with Gasteiger partial charge in [-0.05, 0) is 50.3 Å². The maximum atomic E-state index is 13.7. The molecular weight excluding hydrogens is 460 g/mol. The van der Waals surface area contributed by atoms with Crippen LogP contribution in [0.5, 0.6) is 5.75 Å². The van der Waals surface area contributed by atoms with Crippen LogP contribution in [0.3, 0.4) is 0 Å². The lowest BCUT2D eigenvalue weighted by atomic mass is 9.99. The smallest absolute Gasteiger partial charge is 0.259 e. The number of hydrogen-bond acceptors (Lipinski definition) is 6. The minimum Gasteiger partial charge on any atom is -0.508 e. The van der Waals surface area contributed by atoms with Gasteiger partial charge in [0.25, 0.3) is 5.91 Å². The van der Waals surface area contributed by atoms with E-state index in [1.165, 1.54) is 5.01 Å². The number of phenolic OH excluding ortho intramolecular Hbond substituents is 1. The average molecular weight is 503 g/mol. The van der Waals surface area contributed by atoms with Gasteiger partial charge in [-0.25, -0.2) is 5.43 Å². The highest BCUT2D eigenvalue weighted by atomic mass is 16.5. The van der Waals surface area contributed by atoms with Crippen molar-refractivity contribution in [3.8, 4) is 5.75 Å². The molecule has 1 aromatic rings. The minimum absolute atomic E-state index is 0.0304. The van der Waals surface area contributed by atoms with Crippen LogP contribution in [0.1, 0.15) is 59.9 Å². The quantitative estimate of drug-likeness (QED) is 0.346. The summed E-state index contributed by atoms with van der Waals surface area (Å²) in [5, 5.41) is 17.1. The van der Waals surface area contributed by atoms with Crippen molar-refractivity contribution in [3.05, 3.63) is 42.2 Å². The van der Waals surface area contributed by atoms with Crippen molar-refractivity contribution in [2.24, 2.45) is 11.8 Å². The number of rotatable bonds is 11. The molecule has 4 N–H and O–H groups in total. The summed E-state index contributed by atoms with van der Waals surface area (Å²) in [5.41, 5.74) is 3.89. The third-order valence-electron chi connectivity index (χ3n) is 5.96. The van der Waals surface area contributed by atoms with Gasteiger partial charge in [-0.2, -0.15) is 0 Å². The summed E-state index contributed by atoms with van der Waals surface area (Å²) in [6.07, 6.45) is 1.66. The van der Waals surface area contributed by atoms with Crippen molar-refractivity contribution in [2.45, 2.75) is 85.0 Å². The second kappa shape index (κ2) is 13.3. The van der Waals surface area contributed by atoms with Crippen LogP contribution in [0.2, 0.25) is 0 Å². The molecule has 36 heavy (non-hydrogen) atoms. The normalized spacial score (nSPS) is 17.6. The summed E-state index contributed by atoms with van der Waals surface area (Å²) in [7, 11) is 0. The average Bonchev–Trinajstić information content (AvgIpc) is 2.80. The van der Waals surface area contributed by atoms with Crippen LogP contribution in [0.15, 0.2) is 36.6 Å². The minimum atomic E-state index is -0.915. The highest BCUT2D eigenvalue weighted by Gasteiger charge is 2.34. The lowest BCUT2D eigenvalue weighted by Gasteiger charge is -2.37. The molecule has 1 unspecified atom stereocenters. The van der Waals surface area contributed by atoms with Crippen molar-refractivity contribution in [3.63, 3.8) is 0 Å². The lowest BCUT2D eigenvalue weighted by molar-refractivity contribution is -0.142. The van der Waals surface area contributed by atoms with Crippen LogP contribution in [0, 0.1) is 11.8 Å². The summed E-state index contributed by atoms with van der Waals surface area (Å²) >= 11 is 0. The number of amides is 3. The summed E-state index contributed by atoms with van der Waals surface area (Å²) in [6, 6.07) is 4.66. The number of nitrogens with zero attached hydrogens (tertiary/aromatic N) is 1. The predicted molar refractivity (Wildman–Crippen MR) is 139 cm³/mol. The van der Waals surface area contributed by atoms with Gasteiger partial charge in [-0.15, -0.1) is 0 Å². The molecular formula is C27H42N4O5. The molecule has 0 aliphatic carbocycles. The van der Waals surface area contributed by atoms with E-state index in [0.717, 1.165) is 12.8 Å². The van der Waals surface area contributed by atoms with E-state index in [9.17, 15) is 19.5 Å². The first-order chi connectivity index (χ1) is 16.9. The van der Waals surface area contributed by atoms with E-state index in [2.05, 4.69) is 22.6 Å². The molecule has 0 bridgehead atoms. The van der Waals surface area contributed by atoms with Gasteiger partial charge in [0.05, 0.1) is 12.1 Å². The molecule has 1 heterocycles. The van der Waals surface area contributed by atoms with Gasteiger partial charge in [-0.3, -0.25) is 19.4 Å². The summed E-state index contributed by atoms with van der Waals surface area (Å²) in [5.74, 6) is -0.800. The van der Waals surface area contributed by atoms with Gasteiger partial charge in [0.1, 0.15) is 23.6 Å². The molecule has 1 fully saturated rings. The van der Waals surface area contributed by atoms with E-state index in [4.69, 9.17) is 4.74 Å². The standard InChI is InChI=1S/C27H42N4O5/c1-16(2)24(29-25(33)17(3)4)26(34)28-23(15-20-10-8-11-21(32)14-20)27(35)31-13-9-12-22(30-31)19(7)36-18(5)6/h8,10-11,14,16-18,22-24,30,32H,7,9,12-13,15H2,1-6H3,(H,28,34)(H,29,33)/t22?,23-,24-/m0/s1. The zero-order chi connectivity index (χ0) is 27.0. The van der Waals surface area contributed by atoms with Crippen molar-refractivity contribution in [1.82, 2.24) is 21.1 Å². The second-order valence-corrected chi connectivity index (χ2v) is 10.3. The van der Waals surface area contributed by atoms with Crippen molar-refractivity contribution in [1.29, 1.82) is 0 Å². The lowest BCUT2D eigenvalue weighted by Crippen LogP contribution is -2.61. The fourth-order valence-corrected chi connectivity index (χ4v) is 3.99. The van der Waals surface area contributed by atoms with Crippen LogP contribution in [-0.4, -0.2) is 58.6 Å². The zero-order valence-electron chi connectivity index (χ0n) is 22.3. The SMILES string of the molecule is C=C(OC(C)C)C1CCCN(C(=O)[C@H](Cc2cccc(O)c2)NC(=O)[C@@H](NC(=O)C(C)C)C(C)C)N1. The van der Waals surface area contributed by atoms with Gasteiger partial charge >= 0.3 is 0 Å². The first-order valence-corrected chi connectivity index (χ1v) is 12.7. The molecule has 1 saturated heterocycles. The molecule has 9 heteroatoms. The van der Waals surface area contributed by atoms with E-state index < -0.39 is 18.0 Å². The Bertz CT molecular complexity index is 930. The largest absolute Gasteiger partial charge is 0.508 e. The molecule has 1 aliphatic heterocycles. The van der Waals surface area contributed by atoms with E-state index in [-0.39, 0.29) is 48.0 Å². The number of ether oxygens (including phenoxy) is 1. The fourth-order valence-electron chi connectivity index (χ4n) is 3.99. The number of carbonyl (C=O) groups is 3. The van der Waals surface area contributed by atoms with Crippen LogP contribution in [0.4, 0.5) is 0 Å². The highest BCUT2D eigenvalue weighted by molar-refractivity contribution is 5.92. The Balaban J connectivity index is 2.25. The molecule has 9 nitrogen and oxygen atoms in total. The highest BCUT2D eigenvalue weighted by Crippen LogP contribution is 2.19. The second-order valence-electron chi connectivity index (χ2n) is 10.3. The first-order valence-electron chi connectivity index (χ1n) is 12.7. The molecule has 0 saturated carbocycles. The van der Waals surface area contributed by atoms with Gasteiger partial charge in [0, 0.05) is 18.9 Å². The van der Waals surface area contributed by atoms with E-state index in [0.29, 0.717) is 17.9 Å². The monoisotopic (exact) mass is 502 g/mol. The third kappa shape index (κ3) is 8.55. The fraction of sp³-hybridized carbons (Fsp3) is 0.593. The molecule has 200 valence electrons. The molecule has 3 amide bonds. The van der Waals surface area contributed by atoms with Crippen molar-refractivity contribution < 1.29 is 24.2 Å². The van der Waals surface area contributed by atoms with Crippen LogP contribution < -0.4 is 16.1 Å². The number of aromatic hydroxyl groups is 1. The summed E-state index contributed by atoms with van der Waals surface area (Å²) in [6.45, 7) is 15.5. The number of benzene rings is 1. The molecule has 0 spiro atoms. The molecule has 2 rings (SSSR count). The maximum Gasteiger partial charge on any atom is 0.259 e. The van der Waals surface area contributed by atoms with E-state index >= 15 is 0 Å². The summed E-state index contributed by atoms with van der Waals surface area (Å²) in [4.78, 5) is 39.3. The Morgan fingerprint density at radius 2 is 1.83 bits per heavy atom. The molecule has 0 radical (unpaired) electrons. The van der Waals surface area contributed by atoms with Crippen molar-refractivity contribution in [2.75, 3.05) is 6.54 Å². The molecule has 1 aromatic carbocycles. The number of hydrazine groups is 1. The summed E-state index contributed by atoms with van der Waals surface area (Å²) < 4.78 is 5.73. The number of hydrogen-bond donors (Lipinski definition) is 4. The Hall–Kier alpha value is -3.07. The van der Waals surface area contributed by atoms with E-state index in [1.807, 2.05) is 27.7 Å². The zero-order valence-corrected chi connectivity index (χ0v) is 22.3. The van der Waals surface area contributed by atoms with Gasteiger partial charge in [0.2, 0.25) is 11.8 Å². The Kier molecular flexibility index (Phi) is 10.8. The number of carbonyl (C=O) groups excluding carboxylic acids is 3. The Labute approximate surface area is 214 Å². The van der Waals surface area contributed by atoms with E-state index in [1.54, 1.807) is 38.1 Å². The predicted octanol–water partition coefficient (Wildman–Crippen LogP) is 2.65. The van der Waals surface area contributed by atoms with Crippen molar-refractivity contribution >= 4 is 17.7 Å². The van der Waals surface area contributed by atoms with Gasteiger partial charge in [-0.1, -0.05) is 46.4 Å². The first kappa shape index (κ1) is 29.2. The molecule has 3 atom stereocenters. The Morgan fingerprint density at radius 3 is 2.42 bits per heavy atom. The van der Waals surface area contributed by atoms with Crippen LogP contribution >= 0.6 is 0 Å². The van der Waals surface area contributed by atoms with Gasteiger partial charge < -0.3 is 20.5 Å². The van der Waals surface area contributed by atoms with Gasteiger partial charge in [0.15, 0.2) is 0 Å². The molecule has 1 aliphatic rings. The maximum absolute atomic E-state index is 13.7. The Morgan fingerprint density at radius 1 is 1.14 bits per heavy atom.